The number of fused-ring (bicyclic) bond motifs is 2. The highest BCUT2D eigenvalue weighted by atomic mass is 19.4. The molecule has 1 aromatic carbocycles. The Morgan fingerprint density at radius 1 is 1.22 bits per heavy atom. The molecule has 2 aliphatic rings. The molecule has 1 unspecified atom stereocenters. The zero-order chi connectivity index (χ0) is 19.3. The van der Waals surface area contributed by atoms with Crippen LogP contribution >= 0.6 is 0 Å². The Morgan fingerprint density at radius 3 is 2.67 bits per heavy atom. The molecule has 0 fully saturated rings. The number of rotatable bonds is 3. The van der Waals surface area contributed by atoms with Gasteiger partial charge in [0.2, 0.25) is 0 Å². The first-order valence-corrected chi connectivity index (χ1v) is 7.73. The van der Waals surface area contributed by atoms with Gasteiger partial charge >= 0.3 is 6.18 Å². The second kappa shape index (κ2) is 6.05. The Morgan fingerprint density at radius 2 is 2.00 bits per heavy atom. The number of nitrogens with zero attached hydrogens (tertiary/aromatic N) is 3. The van der Waals surface area contributed by atoms with Crippen molar-refractivity contribution in [3.05, 3.63) is 47.4 Å². The van der Waals surface area contributed by atoms with Crippen molar-refractivity contribution >= 4 is 22.4 Å². The average Bonchev–Trinajstić information content (AvgIpc) is 3.25. The van der Waals surface area contributed by atoms with Crippen LogP contribution in [0.25, 0.3) is 16.6 Å². The van der Waals surface area contributed by atoms with Crippen LogP contribution in [0.2, 0.25) is 0 Å². The maximum atomic E-state index is 13.5. The Bertz CT molecular complexity index is 991. The van der Waals surface area contributed by atoms with E-state index in [1.165, 1.54) is 36.5 Å². The van der Waals surface area contributed by atoms with Gasteiger partial charge in [-0.25, -0.2) is 13.8 Å². The summed E-state index contributed by atoms with van der Waals surface area (Å²) in [7, 11) is 1.34. The highest BCUT2D eigenvalue weighted by Gasteiger charge is 2.38. The van der Waals surface area contributed by atoms with Crippen molar-refractivity contribution in [1.29, 1.82) is 0 Å². The van der Waals surface area contributed by atoms with Crippen LogP contribution in [0.1, 0.15) is 11.1 Å². The lowest BCUT2D eigenvalue weighted by Gasteiger charge is -2.28. The van der Waals surface area contributed by atoms with Gasteiger partial charge in [-0.1, -0.05) is 0 Å². The second-order valence-corrected chi connectivity index (χ2v) is 5.84. The van der Waals surface area contributed by atoms with Crippen molar-refractivity contribution in [1.82, 2.24) is 20.6 Å². The first kappa shape index (κ1) is 17.5. The van der Waals surface area contributed by atoms with Crippen LogP contribution < -0.4 is 5.43 Å². The number of nitrogens with one attached hydrogen (secondary N) is 2. The fourth-order valence-electron chi connectivity index (χ4n) is 3.03. The number of alkyl halides is 5. The molecule has 0 amide bonds. The van der Waals surface area contributed by atoms with Crippen molar-refractivity contribution in [2.45, 2.75) is 18.8 Å². The summed E-state index contributed by atoms with van der Waals surface area (Å²) in [5, 5.41) is 7.43. The molecule has 11 heteroatoms. The summed E-state index contributed by atoms with van der Waals surface area (Å²) >= 11 is 0. The highest BCUT2D eigenvalue weighted by molar-refractivity contribution is 6.03. The first-order valence-electron chi connectivity index (χ1n) is 7.73. The number of H-pyrrole nitrogens is 1. The smallest absolute Gasteiger partial charge is 0.418 e. The molecule has 142 valence electrons. The molecular formula is C16H12F5N5O. The molecule has 4 rings (SSSR count). The molecule has 1 aromatic heterocycles. The minimum Gasteiger partial charge on any atom is -0.494 e. The number of halogens is 5. The third kappa shape index (κ3) is 2.83. The molecule has 0 radical (unpaired) electrons. The summed E-state index contributed by atoms with van der Waals surface area (Å²) in [5.74, 6) is 0.351. The van der Waals surface area contributed by atoms with E-state index in [9.17, 15) is 22.0 Å². The molecule has 2 aliphatic heterocycles. The minimum absolute atomic E-state index is 0.118. The molecule has 6 nitrogen and oxygen atoms in total. The third-order valence-electron chi connectivity index (χ3n) is 4.19. The van der Waals surface area contributed by atoms with Gasteiger partial charge in [-0.3, -0.25) is 10.1 Å². The number of amidine groups is 1. The van der Waals surface area contributed by atoms with Gasteiger partial charge in [0.15, 0.2) is 6.17 Å². The SMILES string of the molecule is COC1=C(c2cc(C(F)(F)F)c3[nH]ncc3c2)N2NC(C(F)F)N=C2C=C1. The highest BCUT2D eigenvalue weighted by Crippen LogP contribution is 2.38. The molecule has 27 heavy (non-hydrogen) atoms. The van der Waals surface area contributed by atoms with E-state index >= 15 is 0 Å². The zero-order valence-electron chi connectivity index (χ0n) is 13.7. The van der Waals surface area contributed by atoms with Crippen molar-refractivity contribution in [2.24, 2.45) is 4.99 Å². The molecule has 0 aliphatic carbocycles. The number of aliphatic imine (C=N–C) groups is 1. The number of methoxy groups -OCH3 is 1. The van der Waals surface area contributed by atoms with E-state index in [-0.39, 0.29) is 33.8 Å². The maximum absolute atomic E-state index is 13.5. The number of benzene rings is 1. The van der Waals surface area contributed by atoms with E-state index in [4.69, 9.17) is 4.74 Å². The van der Waals surface area contributed by atoms with Gasteiger partial charge in [0.25, 0.3) is 6.43 Å². The van der Waals surface area contributed by atoms with Gasteiger partial charge in [-0.05, 0) is 24.3 Å². The third-order valence-corrected chi connectivity index (χ3v) is 4.19. The maximum Gasteiger partial charge on any atom is 0.418 e. The van der Waals surface area contributed by atoms with Crippen molar-refractivity contribution < 1.29 is 26.7 Å². The molecule has 2 N–H and O–H groups in total. The fourth-order valence-corrected chi connectivity index (χ4v) is 3.03. The predicted molar refractivity (Wildman–Crippen MR) is 86.4 cm³/mol. The summed E-state index contributed by atoms with van der Waals surface area (Å²) in [6, 6.07) is 2.39. The van der Waals surface area contributed by atoms with E-state index in [0.717, 1.165) is 6.07 Å². The summed E-state index contributed by atoms with van der Waals surface area (Å²) < 4.78 is 71.8. The summed E-state index contributed by atoms with van der Waals surface area (Å²) in [4.78, 5) is 3.84. The van der Waals surface area contributed by atoms with Crippen molar-refractivity contribution in [2.75, 3.05) is 7.11 Å². The van der Waals surface area contributed by atoms with Gasteiger partial charge in [0.05, 0.1) is 24.4 Å². The lowest BCUT2D eigenvalue weighted by molar-refractivity contribution is -0.136. The van der Waals surface area contributed by atoms with Crippen LogP contribution in [0, 0.1) is 0 Å². The summed E-state index contributed by atoms with van der Waals surface area (Å²) in [5.41, 5.74) is 1.67. The topological polar surface area (TPSA) is 65.5 Å². The Kier molecular flexibility index (Phi) is 3.91. The fraction of sp³-hybridized carbons (Fsp3) is 0.250. The molecule has 1 atom stereocenters. The number of ether oxygens (including phenoxy) is 1. The van der Waals surface area contributed by atoms with Gasteiger partial charge in [-0.15, -0.1) is 0 Å². The van der Waals surface area contributed by atoms with E-state index in [0.29, 0.717) is 0 Å². The van der Waals surface area contributed by atoms with Gasteiger partial charge < -0.3 is 4.74 Å². The van der Waals surface area contributed by atoms with Crippen LogP contribution in [-0.2, 0) is 10.9 Å². The van der Waals surface area contributed by atoms with E-state index in [1.54, 1.807) is 0 Å². The molecule has 0 spiro atoms. The van der Waals surface area contributed by atoms with E-state index in [2.05, 4.69) is 20.6 Å². The number of hydrogen-bond donors (Lipinski definition) is 2. The van der Waals surface area contributed by atoms with Gasteiger partial charge in [0.1, 0.15) is 17.3 Å². The molecule has 0 saturated heterocycles. The standard InChI is InChI=1S/C16H12F5N5O/c1-27-10-2-3-11-23-15(14(17)18)25-26(11)13(10)7-4-8-6-22-24-12(8)9(5-7)16(19,20)21/h2-6,14-15,25H,1H3,(H,22,24). The Hall–Kier alpha value is -2.95. The van der Waals surface area contributed by atoms with E-state index in [1.807, 2.05) is 0 Å². The van der Waals surface area contributed by atoms with Crippen LogP contribution in [0.4, 0.5) is 22.0 Å². The van der Waals surface area contributed by atoms with Crippen LogP contribution in [0.3, 0.4) is 0 Å². The molecule has 0 saturated carbocycles. The number of hydrogen-bond acceptors (Lipinski definition) is 5. The molecular weight excluding hydrogens is 373 g/mol. The number of aromatic amines is 1. The van der Waals surface area contributed by atoms with E-state index < -0.39 is 24.3 Å². The minimum atomic E-state index is -4.64. The summed E-state index contributed by atoms with van der Waals surface area (Å²) in [6.07, 6.45) is -4.76. The lowest BCUT2D eigenvalue weighted by Crippen LogP contribution is -2.42. The quantitative estimate of drug-likeness (QED) is 0.796. The normalized spacial score (nSPS) is 19.9. The van der Waals surface area contributed by atoms with Crippen molar-refractivity contribution in [3.8, 4) is 0 Å². The zero-order valence-corrected chi connectivity index (χ0v) is 13.7. The molecule has 2 aromatic rings. The van der Waals surface area contributed by atoms with Gasteiger partial charge in [0, 0.05) is 10.9 Å². The van der Waals surface area contributed by atoms with Crippen LogP contribution in [0.5, 0.6) is 0 Å². The molecule has 3 heterocycles. The number of hydrazine groups is 1. The summed E-state index contributed by atoms with van der Waals surface area (Å²) in [6.45, 7) is 0. The molecule has 0 bridgehead atoms. The van der Waals surface area contributed by atoms with Gasteiger partial charge in [-0.2, -0.15) is 23.7 Å². The first-order chi connectivity index (χ1) is 12.8. The van der Waals surface area contributed by atoms with Crippen molar-refractivity contribution in [3.63, 3.8) is 0 Å². The lowest BCUT2D eigenvalue weighted by atomic mass is 10.0. The van der Waals surface area contributed by atoms with Crippen LogP contribution in [-0.4, -0.2) is 40.7 Å². The largest absolute Gasteiger partial charge is 0.494 e. The number of allylic oxidation sites excluding steroid dienone is 1. The van der Waals surface area contributed by atoms with Crippen LogP contribution in [0.15, 0.2) is 41.2 Å². The second-order valence-electron chi connectivity index (χ2n) is 5.84. The Labute approximate surface area is 149 Å². The monoisotopic (exact) mass is 385 g/mol. The average molecular weight is 385 g/mol. The Balaban J connectivity index is 1.90. The number of aromatic nitrogens is 2. The predicted octanol–water partition coefficient (Wildman–Crippen LogP) is 3.28.